The Kier molecular flexibility index (Phi) is 3.59. The van der Waals surface area contributed by atoms with Crippen LogP contribution in [0, 0.1) is 0 Å². The lowest BCUT2D eigenvalue weighted by Crippen LogP contribution is -2.27. The monoisotopic (exact) mass is 338 g/mol. The molecule has 0 bridgehead atoms. The molecular weight excluding hydrogens is 316 g/mol. The highest BCUT2D eigenvalue weighted by molar-refractivity contribution is 5.74. The van der Waals surface area contributed by atoms with Gasteiger partial charge >= 0.3 is 0 Å². The molecule has 1 atom stereocenters. The van der Waals surface area contributed by atoms with Gasteiger partial charge in [0.05, 0.1) is 11.7 Å². The van der Waals surface area contributed by atoms with Gasteiger partial charge in [-0.2, -0.15) is 10.1 Å². The van der Waals surface area contributed by atoms with E-state index in [1.54, 1.807) is 6.20 Å². The first-order valence-electron chi connectivity index (χ1n) is 8.58. The number of rotatable bonds is 2. The Hall–Kier alpha value is -2.70. The molecule has 1 saturated heterocycles. The molecule has 3 aromatic rings. The number of aromatic amines is 1. The maximum atomic E-state index is 12.5. The number of anilines is 1. The Morgan fingerprint density at radius 3 is 2.84 bits per heavy atom. The van der Waals surface area contributed by atoms with Crippen LogP contribution in [0.2, 0.25) is 0 Å². The molecule has 1 fully saturated rings. The molecule has 4 rings (SSSR count). The number of pyridine rings is 1. The van der Waals surface area contributed by atoms with E-state index in [1.807, 2.05) is 23.0 Å². The van der Waals surface area contributed by atoms with Crippen molar-refractivity contribution in [2.45, 2.75) is 38.6 Å². The van der Waals surface area contributed by atoms with Gasteiger partial charge in [-0.1, -0.05) is 6.07 Å². The lowest BCUT2D eigenvalue weighted by molar-refractivity contribution is 0.366. The van der Waals surface area contributed by atoms with Gasteiger partial charge in [0.25, 0.3) is 5.56 Å². The van der Waals surface area contributed by atoms with Crippen LogP contribution in [0.5, 0.6) is 0 Å². The zero-order chi connectivity index (χ0) is 17.6. The molecule has 1 unspecified atom stereocenters. The molecule has 130 valence electrons. The van der Waals surface area contributed by atoms with Crippen LogP contribution in [0.25, 0.3) is 11.0 Å². The minimum Gasteiger partial charge on any atom is -0.342 e. The number of aromatic nitrogens is 5. The molecule has 1 N–H and O–H groups in total. The fourth-order valence-electron chi connectivity index (χ4n) is 3.36. The second-order valence-electron chi connectivity index (χ2n) is 7.54. The van der Waals surface area contributed by atoms with Gasteiger partial charge in [-0.25, -0.2) is 4.68 Å². The standard InChI is InChI=1S/C18H22N6O/c1-18(2,3)24-15-13(10-20-24)16(25)22-17(21-15)23-9-7-12(11-23)14-6-4-5-8-19-14/h4-6,8,10,12H,7,9,11H2,1-3H3,(H,21,22,25). The Balaban J connectivity index is 1.69. The molecule has 0 saturated carbocycles. The van der Waals surface area contributed by atoms with Crippen LogP contribution < -0.4 is 10.5 Å². The molecule has 0 spiro atoms. The van der Waals surface area contributed by atoms with Crippen molar-refractivity contribution in [3.63, 3.8) is 0 Å². The van der Waals surface area contributed by atoms with Crippen LogP contribution in [-0.4, -0.2) is 37.8 Å². The Morgan fingerprint density at radius 2 is 2.12 bits per heavy atom. The molecule has 4 heterocycles. The van der Waals surface area contributed by atoms with Crippen molar-refractivity contribution in [3.8, 4) is 0 Å². The predicted molar refractivity (Wildman–Crippen MR) is 97.0 cm³/mol. The van der Waals surface area contributed by atoms with E-state index >= 15 is 0 Å². The fraction of sp³-hybridized carbons (Fsp3) is 0.444. The van der Waals surface area contributed by atoms with Crippen molar-refractivity contribution in [1.29, 1.82) is 0 Å². The van der Waals surface area contributed by atoms with Gasteiger partial charge in [0.1, 0.15) is 5.39 Å². The summed E-state index contributed by atoms with van der Waals surface area (Å²) in [5, 5.41) is 4.89. The van der Waals surface area contributed by atoms with Crippen molar-refractivity contribution < 1.29 is 0 Å². The molecule has 0 radical (unpaired) electrons. The molecule has 1 aliphatic rings. The highest BCUT2D eigenvalue weighted by Crippen LogP contribution is 2.28. The summed E-state index contributed by atoms with van der Waals surface area (Å²) < 4.78 is 1.81. The van der Waals surface area contributed by atoms with Crippen LogP contribution in [0.3, 0.4) is 0 Å². The smallest absolute Gasteiger partial charge is 0.263 e. The first-order valence-corrected chi connectivity index (χ1v) is 8.58. The number of fused-ring (bicyclic) bond motifs is 1. The first-order chi connectivity index (χ1) is 11.9. The molecular formula is C18H22N6O. The topological polar surface area (TPSA) is 79.7 Å². The van der Waals surface area contributed by atoms with Crippen LogP contribution >= 0.6 is 0 Å². The maximum Gasteiger partial charge on any atom is 0.263 e. The third-order valence-electron chi connectivity index (χ3n) is 4.65. The van der Waals surface area contributed by atoms with Gasteiger partial charge in [-0.15, -0.1) is 0 Å². The molecule has 7 heteroatoms. The second-order valence-corrected chi connectivity index (χ2v) is 7.54. The number of nitrogens with zero attached hydrogens (tertiary/aromatic N) is 5. The number of nitrogens with one attached hydrogen (secondary N) is 1. The van der Waals surface area contributed by atoms with Gasteiger partial charge in [0.2, 0.25) is 5.95 Å². The molecule has 0 aromatic carbocycles. The van der Waals surface area contributed by atoms with Crippen LogP contribution in [0.1, 0.15) is 38.8 Å². The van der Waals surface area contributed by atoms with Crippen molar-refractivity contribution in [2.24, 2.45) is 0 Å². The zero-order valence-corrected chi connectivity index (χ0v) is 14.7. The highest BCUT2D eigenvalue weighted by Gasteiger charge is 2.27. The minimum absolute atomic E-state index is 0.142. The lowest BCUT2D eigenvalue weighted by Gasteiger charge is -2.21. The summed E-state index contributed by atoms with van der Waals surface area (Å²) in [6.45, 7) is 7.80. The first kappa shape index (κ1) is 15.8. The number of H-pyrrole nitrogens is 1. The summed E-state index contributed by atoms with van der Waals surface area (Å²) in [6, 6.07) is 6.00. The maximum absolute atomic E-state index is 12.5. The lowest BCUT2D eigenvalue weighted by atomic mass is 10.0. The van der Waals surface area contributed by atoms with Crippen molar-refractivity contribution in [2.75, 3.05) is 18.0 Å². The minimum atomic E-state index is -0.235. The average molecular weight is 338 g/mol. The molecule has 7 nitrogen and oxygen atoms in total. The van der Waals surface area contributed by atoms with E-state index < -0.39 is 0 Å². The molecule has 25 heavy (non-hydrogen) atoms. The third kappa shape index (κ3) is 2.79. The SMILES string of the molecule is CC(C)(C)n1ncc2c(=O)[nH]c(N3CCC(c4ccccn4)C3)nc21. The van der Waals surface area contributed by atoms with E-state index in [0.717, 1.165) is 25.2 Å². The van der Waals surface area contributed by atoms with Crippen molar-refractivity contribution >= 4 is 17.0 Å². The summed E-state index contributed by atoms with van der Waals surface area (Å²) in [5.41, 5.74) is 1.35. The van der Waals surface area contributed by atoms with Crippen LogP contribution in [0.15, 0.2) is 35.4 Å². The van der Waals surface area contributed by atoms with Gasteiger partial charge in [0.15, 0.2) is 5.65 Å². The third-order valence-corrected chi connectivity index (χ3v) is 4.65. The van der Waals surface area contributed by atoms with Crippen LogP contribution in [0.4, 0.5) is 5.95 Å². The van der Waals surface area contributed by atoms with E-state index in [9.17, 15) is 4.79 Å². The van der Waals surface area contributed by atoms with Crippen LogP contribution in [-0.2, 0) is 5.54 Å². The number of hydrogen-bond acceptors (Lipinski definition) is 5. The van der Waals surface area contributed by atoms with E-state index in [-0.39, 0.29) is 11.1 Å². The fourth-order valence-corrected chi connectivity index (χ4v) is 3.36. The highest BCUT2D eigenvalue weighted by atomic mass is 16.1. The normalized spacial score (nSPS) is 18.2. The summed E-state index contributed by atoms with van der Waals surface area (Å²) in [5.74, 6) is 0.969. The predicted octanol–water partition coefficient (Wildman–Crippen LogP) is 2.26. The molecule has 1 aliphatic heterocycles. The largest absolute Gasteiger partial charge is 0.342 e. The quantitative estimate of drug-likeness (QED) is 0.775. The Labute approximate surface area is 145 Å². The zero-order valence-electron chi connectivity index (χ0n) is 14.7. The number of hydrogen-bond donors (Lipinski definition) is 1. The van der Waals surface area contributed by atoms with Gasteiger partial charge in [-0.3, -0.25) is 14.8 Å². The van der Waals surface area contributed by atoms with Crippen molar-refractivity contribution in [1.82, 2.24) is 24.7 Å². The molecule has 0 aliphatic carbocycles. The van der Waals surface area contributed by atoms with Gasteiger partial charge in [0, 0.05) is 30.9 Å². The summed E-state index contributed by atoms with van der Waals surface area (Å²) in [7, 11) is 0. The average Bonchev–Trinajstić information content (AvgIpc) is 3.22. The Bertz CT molecular complexity index is 953. The van der Waals surface area contributed by atoms with E-state index in [2.05, 4.69) is 46.8 Å². The van der Waals surface area contributed by atoms with Gasteiger partial charge < -0.3 is 4.90 Å². The summed E-state index contributed by atoms with van der Waals surface area (Å²) in [4.78, 5) is 26.7. The second kappa shape index (κ2) is 5.68. The summed E-state index contributed by atoms with van der Waals surface area (Å²) in [6.07, 6.45) is 4.42. The van der Waals surface area contributed by atoms with E-state index in [4.69, 9.17) is 4.98 Å². The molecule has 0 amide bonds. The summed E-state index contributed by atoms with van der Waals surface area (Å²) >= 11 is 0. The Morgan fingerprint density at radius 1 is 1.28 bits per heavy atom. The van der Waals surface area contributed by atoms with Crippen molar-refractivity contribution in [3.05, 3.63) is 46.6 Å². The van der Waals surface area contributed by atoms with Gasteiger partial charge in [-0.05, 0) is 39.3 Å². The van der Waals surface area contributed by atoms with E-state index in [1.165, 1.54) is 0 Å². The molecule has 3 aromatic heterocycles. The van der Waals surface area contributed by atoms with E-state index in [0.29, 0.717) is 22.9 Å².